The predicted octanol–water partition coefficient (Wildman–Crippen LogP) is 4.86. The lowest BCUT2D eigenvalue weighted by Crippen LogP contribution is -2.59. The smallest absolute Gasteiger partial charge is 0.306 e. The number of rotatable bonds is 6. The average Bonchev–Trinajstić information content (AvgIpc) is 3.74. The molecule has 10 nitrogen and oxygen atoms in total. The molecule has 0 aliphatic carbocycles. The molecule has 7 rings (SSSR count). The average molecular weight is 769 g/mol. The molecule has 11 heteroatoms. The highest BCUT2D eigenvalue weighted by molar-refractivity contribution is 9.11. The van der Waals surface area contributed by atoms with Crippen molar-refractivity contribution >= 4 is 45.3 Å². The van der Waals surface area contributed by atoms with E-state index in [-0.39, 0.29) is 26.0 Å². The fourth-order valence-corrected chi connectivity index (χ4v) is 9.09. The number of anilines is 1. The van der Waals surface area contributed by atoms with E-state index in [4.69, 9.17) is 9.47 Å². The summed E-state index contributed by atoms with van der Waals surface area (Å²) in [4.78, 5) is 61.0. The summed E-state index contributed by atoms with van der Waals surface area (Å²) >= 11 is 3.65. The van der Waals surface area contributed by atoms with Crippen molar-refractivity contribution in [2.45, 2.75) is 62.9 Å². The summed E-state index contributed by atoms with van der Waals surface area (Å²) < 4.78 is 13.0. The summed E-state index contributed by atoms with van der Waals surface area (Å²) in [5, 5.41) is 14.0. The number of aryl methyl sites for hydroxylation is 2. The number of ether oxygens (including phenoxy) is 2. The van der Waals surface area contributed by atoms with Crippen LogP contribution in [0.4, 0.5) is 5.69 Å². The number of hydrogen-bond acceptors (Lipinski definition) is 7. The van der Waals surface area contributed by atoms with Crippen LogP contribution >= 0.6 is 15.9 Å². The number of likely N-dealkylation sites (tertiary alicyclic amines) is 1. The summed E-state index contributed by atoms with van der Waals surface area (Å²) in [6.07, 6.45) is 5.42. The van der Waals surface area contributed by atoms with Crippen molar-refractivity contribution in [2.24, 2.45) is 11.8 Å². The van der Waals surface area contributed by atoms with Crippen LogP contribution in [0.15, 0.2) is 102 Å². The number of hydrogen-bond donors (Lipinski definition) is 2. The van der Waals surface area contributed by atoms with E-state index in [1.54, 1.807) is 11.0 Å². The highest BCUT2D eigenvalue weighted by Gasteiger charge is 2.75. The molecule has 4 heterocycles. The molecule has 1 spiro atoms. The van der Waals surface area contributed by atoms with Gasteiger partial charge >= 0.3 is 5.97 Å². The highest BCUT2D eigenvalue weighted by atomic mass is 79.9. The number of allylic oxidation sites excluding steroid dienone is 1. The van der Waals surface area contributed by atoms with Crippen LogP contribution in [0.1, 0.15) is 41.1 Å². The molecule has 0 unspecified atom stereocenters. The van der Waals surface area contributed by atoms with Crippen molar-refractivity contribution in [1.82, 2.24) is 10.2 Å². The van der Waals surface area contributed by atoms with Crippen LogP contribution in [-0.2, 0) is 35.1 Å². The Morgan fingerprint density at radius 3 is 2.31 bits per heavy atom. The van der Waals surface area contributed by atoms with Gasteiger partial charge in [-0.25, -0.2) is 0 Å². The number of amides is 3. The van der Waals surface area contributed by atoms with Gasteiger partial charge in [-0.05, 0) is 55.0 Å². The zero-order valence-corrected chi connectivity index (χ0v) is 30.7. The summed E-state index contributed by atoms with van der Waals surface area (Å²) in [5.74, 6) is -3.80. The van der Waals surface area contributed by atoms with Gasteiger partial charge in [-0.3, -0.25) is 19.2 Å². The largest absolute Gasteiger partial charge is 0.463 e. The van der Waals surface area contributed by atoms with Gasteiger partial charge in [0, 0.05) is 23.1 Å². The normalized spacial score (nSPS) is 29.0. The zero-order chi connectivity index (χ0) is 36.6. The first kappa shape index (κ1) is 35.8. The molecule has 2 saturated heterocycles. The van der Waals surface area contributed by atoms with Crippen molar-refractivity contribution in [3.05, 3.63) is 124 Å². The summed E-state index contributed by atoms with van der Waals surface area (Å²) in [6.45, 7) is 3.49. The van der Waals surface area contributed by atoms with Gasteiger partial charge < -0.3 is 29.7 Å². The van der Waals surface area contributed by atoms with Gasteiger partial charge in [-0.15, -0.1) is 0 Å². The SMILES string of the molecule is Cc1cccc(C)c1N1C/C=C\CCC(=O)OC[C@@H](c2ccccc2)NC(=O)[C@@H]2[C@H]3O[C@@]4(C=C3Br)[C@H](C1=O)N([C@@H](CO)Cc1ccccc1)C(=O)[C@@H]24. The molecule has 4 aliphatic heterocycles. The van der Waals surface area contributed by atoms with Crippen molar-refractivity contribution in [3.63, 3.8) is 0 Å². The Kier molecular flexibility index (Phi) is 10.2. The Hall–Kier alpha value is -4.58. The molecule has 52 heavy (non-hydrogen) atoms. The first-order chi connectivity index (χ1) is 25.1. The standard InChI is InChI=1S/C41H42BrN3O7/c1-25-13-12-14-26(2)35(25)44-20-11-5-10-19-32(47)51-24-31(28-17-8-4-9-18-28)43-38(48)33-34-39(49)45(29(23-46)21-27-15-6-3-7-16-27)37(40(44)50)41(34)22-30(42)36(33)52-41/h3-9,11-18,22,29,31,33-34,36-37,46H,10,19-21,23-24H2,1-2H3,(H,43,48)/b11-5-/t29-,31+,33+,34-,36+,37+,41-/m1/s1. The molecule has 3 aromatic rings. The molecule has 2 N–H and O–H groups in total. The van der Waals surface area contributed by atoms with Crippen LogP contribution in [-0.4, -0.2) is 77.2 Å². The van der Waals surface area contributed by atoms with E-state index in [0.29, 0.717) is 16.6 Å². The number of fused-ring (bicyclic) bond motifs is 2. The lowest BCUT2D eigenvalue weighted by atomic mass is 9.74. The first-order valence-corrected chi connectivity index (χ1v) is 18.5. The second-order valence-corrected chi connectivity index (χ2v) is 14.9. The monoisotopic (exact) mass is 767 g/mol. The number of halogens is 1. The third kappa shape index (κ3) is 6.39. The Labute approximate surface area is 311 Å². The molecule has 3 aromatic carbocycles. The second kappa shape index (κ2) is 14.8. The molecule has 3 amide bonds. The van der Waals surface area contributed by atoms with Crippen LogP contribution < -0.4 is 10.2 Å². The van der Waals surface area contributed by atoms with Crippen LogP contribution in [0, 0.1) is 25.7 Å². The number of carbonyl (C=O) groups excluding carboxylic acids is 4. The maximum Gasteiger partial charge on any atom is 0.306 e. The second-order valence-electron chi connectivity index (χ2n) is 14.0. The van der Waals surface area contributed by atoms with Gasteiger partial charge in [-0.1, -0.05) is 107 Å². The highest BCUT2D eigenvalue weighted by Crippen LogP contribution is 2.59. The van der Waals surface area contributed by atoms with E-state index in [9.17, 15) is 14.7 Å². The lowest BCUT2D eigenvalue weighted by Gasteiger charge is -2.39. The summed E-state index contributed by atoms with van der Waals surface area (Å²) in [7, 11) is 0. The fraction of sp³-hybridized carbons (Fsp3) is 0.366. The molecule has 4 aliphatic rings. The summed E-state index contributed by atoms with van der Waals surface area (Å²) in [5.41, 5.74) is 2.53. The van der Waals surface area contributed by atoms with Crippen LogP contribution in [0.5, 0.6) is 0 Å². The molecule has 0 aromatic heterocycles. The Morgan fingerprint density at radius 1 is 0.923 bits per heavy atom. The quantitative estimate of drug-likeness (QED) is 0.271. The number of benzene rings is 3. The maximum atomic E-state index is 15.4. The minimum absolute atomic E-state index is 0.103. The Balaban J connectivity index is 1.38. The van der Waals surface area contributed by atoms with Crippen LogP contribution in [0.3, 0.4) is 0 Å². The topological polar surface area (TPSA) is 125 Å². The van der Waals surface area contributed by atoms with Gasteiger partial charge in [0.2, 0.25) is 11.8 Å². The number of nitrogens with one attached hydrogen (secondary N) is 1. The Bertz CT molecular complexity index is 1900. The zero-order valence-electron chi connectivity index (χ0n) is 29.1. The number of esters is 1. The minimum Gasteiger partial charge on any atom is -0.463 e. The van der Waals surface area contributed by atoms with E-state index in [2.05, 4.69) is 21.2 Å². The van der Waals surface area contributed by atoms with Crippen molar-refractivity contribution in [1.29, 1.82) is 0 Å². The molecule has 270 valence electrons. The van der Waals surface area contributed by atoms with Gasteiger partial charge in [0.25, 0.3) is 5.91 Å². The minimum atomic E-state index is -1.51. The molecule has 7 atom stereocenters. The van der Waals surface area contributed by atoms with E-state index < -0.39 is 72.0 Å². The van der Waals surface area contributed by atoms with E-state index >= 15 is 9.59 Å². The van der Waals surface area contributed by atoms with Gasteiger partial charge in [0.1, 0.15) is 24.4 Å². The molecule has 5 bridgehead atoms. The van der Waals surface area contributed by atoms with E-state index in [1.165, 1.54) is 4.90 Å². The van der Waals surface area contributed by atoms with Crippen LogP contribution in [0.25, 0.3) is 0 Å². The van der Waals surface area contributed by atoms with E-state index in [1.807, 2.05) is 105 Å². The number of para-hydroxylation sites is 1. The molecule has 0 radical (unpaired) electrons. The van der Waals surface area contributed by atoms with Crippen molar-refractivity contribution in [2.75, 3.05) is 24.7 Å². The molecule has 2 fully saturated rings. The van der Waals surface area contributed by atoms with Crippen molar-refractivity contribution < 1.29 is 33.8 Å². The third-order valence-electron chi connectivity index (χ3n) is 10.7. The number of aliphatic hydroxyl groups is 1. The fourth-order valence-electron chi connectivity index (χ4n) is 8.36. The first-order valence-electron chi connectivity index (χ1n) is 17.7. The molecular formula is C41H42BrN3O7. The Morgan fingerprint density at radius 2 is 1.62 bits per heavy atom. The third-order valence-corrected chi connectivity index (χ3v) is 11.4. The molecule has 0 saturated carbocycles. The molecular weight excluding hydrogens is 726 g/mol. The predicted molar refractivity (Wildman–Crippen MR) is 198 cm³/mol. The number of carbonyl (C=O) groups is 4. The van der Waals surface area contributed by atoms with Gasteiger partial charge in [0.15, 0.2) is 0 Å². The van der Waals surface area contributed by atoms with Gasteiger partial charge in [0.05, 0.1) is 30.5 Å². The number of cyclic esters (lactones) is 1. The lowest BCUT2D eigenvalue weighted by molar-refractivity contribution is -0.146. The van der Waals surface area contributed by atoms with Crippen LogP contribution in [0.2, 0.25) is 0 Å². The number of nitrogens with zero attached hydrogens (tertiary/aromatic N) is 2. The van der Waals surface area contributed by atoms with E-state index in [0.717, 1.165) is 22.3 Å². The summed E-state index contributed by atoms with van der Waals surface area (Å²) in [6, 6.07) is 21.8. The maximum absolute atomic E-state index is 15.4. The number of aliphatic hydroxyl groups excluding tert-OH is 1. The van der Waals surface area contributed by atoms with Gasteiger partial charge in [-0.2, -0.15) is 0 Å². The van der Waals surface area contributed by atoms with Crippen molar-refractivity contribution in [3.8, 4) is 0 Å².